The molecule has 7 heteroatoms. The van der Waals surface area contributed by atoms with Crippen molar-refractivity contribution in [3.8, 4) is 17.2 Å². The summed E-state index contributed by atoms with van der Waals surface area (Å²) in [7, 11) is 0. The number of rotatable bonds is 2. The predicted octanol–water partition coefficient (Wildman–Crippen LogP) is 3.49. The number of aromatic nitrogens is 3. The van der Waals surface area contributed by atoms with Crippen LogP contribution in [-0.2, 0) is 6.54 Å². The minimum Gasteiger partial charge on any atom is -0.491 e. The van der Waals surface area contributed by atoms with E-state index in [1.54, 1.807) is 13.1 Å². The second-order valence-corrected chi connectivity index (χ2v) is 6.01. The molecule has 0 fully saturated rings. The maximum absolute atomic E-state index is 6.11. The van der Waals surface area contributed by atoms with Crippen molar-refractivity contribution in [1.82, 2.24) is 15.1 Å². The molecule has 2 aromatic heterocycles. The van der Waals surface area contributed by atoms with Gasteiger partial charge in [0, 0.05) is 28.9 Å². The van der Waals surface area contributed by atoms with Crippen molar-refractivity contribution in [2.75, 3.05) is 18.1 Å². The number of anilines is 1. The van der Waals surface area contributed by atoms with Crippen LogP contribution in [0, 0.1) is 6.92 Å². The Morgan fingerprint density at radius 3 is 2.96 bits per heavy atom. The molecule has 24 heavy (non-hydrogen) atoms. The van der Waals surface area contributed by atoms with Gasteiger partial charge in [-0.25, -0.2) is 4.98 Å². The highest BCUT2D eigenvalue weighted by Gasteiger charge is 2.18. The first-order chi connectivity index (χ1) is 11.7. The number of halogens is 1. The molecule has 0 saturated heterocycles. The standard InChI is InChI=1S/C17H15ClN4O2/c1-11-20-17(24-21-11)12-4-5-19-16(9-12)22-6-7-23-15-3-2-14(18)8-13(15)10-22/h2-5,8-9H,6-7,10H2,1H3. The van der Waals surface area contributed by atoms with Gasteiger partial charge in [0.1, 0.15) is 18.2 Å². The highest BCUT2D eigenvalue weighted by atomic mass is 35.5. The Kier molecular flexibility index (Phi) is 3.82. The van der Waals surface area contributed by atoms with Crippen molar-refractivity contribution in [1.29, 1.82) is 0 Å². The molecule has 3 aromatic rings. The van der Waals surface area contributed by atoms with Crippen molar-refractivity contribution in [3.63, 3.8) is 0 Å². The molecule has 0 radical (unpaired) electrons. The molecule has 0 spiro atoms. The van der Waals surface area contributed by atoms with E-state index in [2.05, 4.69) is 20.0 Å². The molecule has 0 N–H and O–H groups in total. The van der Waals surface area contributed by atoms with E-state index >= 15 is 0 Å². The van der Waals surface area contributed by atoms with Gasteiger partial charge in [-0.15, -0.1) is 0 Å². The number of benzene rings is 1. The summed E-state index contributed by atoms with van der Waals surface area (Å²) in [5.41, 5.74) is 1.89. The van der Waals surface area contributed by atoms with Gasteiger partial charge in [-0.05, 0) is 37.3 Å². The van der Waals surface area contributed by atoms with Gasteiger partial charge in [0.2, 0.25) is 0 Å². The zero-order valence-corrected chi connectivity index (χ0v) is 13.8. The second kappa shape index (κ2) is 6.13. The topological polar surface area (TPSA) is 64.3 Å². The van der Waals surface area contributed by atoms with Crippen LogP contribution in [0.2, 0.25) is 5.02 Å². The fourth-order valence-electron chi connectivity index (χ4n) is 2.70. The summed E-state index contributed by atoms with van der Waals surface area (Å²) in [6, 6.07) is 9.48. The van der Waals surface area contributed by atoms with Crippen molar-refractivity contribution in [2.45, 2.75) is 13.5 Å². The zero-order valence-electron chi connectivity index (χ0n) is 13.1. The SMILES string of the molecule is Cc1noc(-c2ccnc(N3CCOc4ccc(Cl)cc4C3)c2)n1. The molecule has 1 aliphatic heterocycles. The molecule has 1 aliphatic rings. The summed E-state index contributed by atoms with van der Waals surface area (Å²) in [4.78, 5) is 10.9. The molecule has 0 aliphatic carbocycles. The van der Waals surface area contributed by atoms with Crippen molar-refractivity contribution in [2.24, 2.45) is 0 Å². The minimum atomic E-state index is 0.491. The first-order valence-corrected chi connectivity index (χ1v) is 8.00. The Balaban J connectivity index is 1.66. The lowest BCUT2D eigenvalue weighted by Gasteiger charge is -2.21. The summed E-state index contributed by atoms with van der Waals surface area (Å²) in [5.74, 6) is 2.80. The summed E-state index contributed by atoms with van der Waals surface area (Å²) < 4.78 is 11.0. The van der Waals surface area contributed by atoms with Crippen LogP contribution in [0.15, 0.2) is 41.1 Å². The normalized spacial score (nSPS) is 14.0. The van der Waals surface area contributed by atoms with E-state index in [1.807, 2.05) is 30.3 Å². The van der Waals surface area contributed by atoms with Crippen molar-refractivity contribution in [3.05, 3.63) is 52.9 Å². The van der Waals surface area contributed by atoms with Gasteiger partial charge in [0.25, 0.3) is 5.89 Å². The van der Waals surface area contributed by atoms with E-state index in [0.29, 0.717) is 29.9 Å². The number of fused-ring (bicyclic) bond motifs is 1. The maximum Gasteiger partial charge on any atom is 0.258 e. The number of pyridine rings is 1. The molecule has 1 aromatic carbocycles. The van der Waals surface area contributed by atoms with E-state index < -0.39 is 0 Å². The van der Waals surface area contributed by atoms with Crippen LogP contribution in [0.5, 0.6) is 5.75 Å². The van der Waals surface area contributed by atoms with Crippen LogP contribution >= 0.6 is 11.6 Å². The Morgan fingerprint density at radius 1 is 1.21 bits per heavy atom. The average molecular weight is 343 g/mol. The van der Waals surface area contributed by atoms with Gasteiger partial charge >= 0.3 is 0 Å². The van der Waals surface area contributed by atoms with Gasteiger partial charge in [0.05, 0.1) is 6.54 Å². The quantitative estimate of drug-likeness (QED) is 0.710. The minimum absolute atomic E-state index is 0.491. The molecule has 0 amide bonds. The third kappa shape index (κ3) is 2.92. The number of nitrogens with zero attached hydrogens (tertiary/aromatic N) is 4. The Morgan fingerprint density at radius 2 is 2.12 bits per heavy atom. The highest BCUT2D eigenvalue weighted by molar-refractivity contribution is 6.30. The number of hydrogen-bond acceptors (Lipinski definition) is 6. The van der Waals surface area contributed by atoms with Crippen LogP contribution in [0.25, 0.3) is 11.5 Å². The van der Waals surface area contributed by atoms with Crippen molar-refractivity contribution < 1.29 is 9.26 Å². The fraction of sp³-hybridized carbons (Fsp3) is 0.235. The third-order valence-electron chi connectivity index (χ3n) is 3.85. The van der Waals surface area contributed by atoms with Gasteiger partial charge in [-0.2, -0.15) is 4.98 Å². The molecule has 0 atom stereocenters. The number of hydrogen-bond donors (Lipinski definition) is 0. The summed E-state index contributed by atoms with van der Waals surface area (Å²) in [6.45, 7) is 3.78. The molecular weight excluding hydrogens is 328 g/mol. The summed E-state index contributed by atoms with van der Waals surface area (Å²) >= 11 is 6.11. The Hall–Kier alpha value is -2.60. The zero-order chi connectivity index (χ0) is 16.5. The molecule has 0 unspecified atom stereocenters. The lowest BCUT2D eigenvalue weighted by atomic mass is 10.2. The smallest absolute Gasteiger partial charge is 0.258 e. The lowest BCUT2D eigenvalue weighted by Crippen LogP contribution is -2.26. The van der Waals surface area contributed by atoms with E-state index in [0.717, 1.165) is 29.2 Å². The molecule has 6 nitrogen and oxygen atoms in total. The van der Waals surface area contributed by atoms with Gasteiger partial charge in [0.15, 0.2) is 5.82 Å². The first kappa shape index (κ1) is 15.0. The summed E-state index contributed by atoms with van der Waals surface area (Å²) in [6.07, 6.45) is 1.74. The van der Waals surface area contributed by atoms with E-state index in [4.69, 9.17) is 20.9 Å². The molecular formula is C17H15ClN4O2. The predicted molar refractivity (Wildman–Crippen MR) is 90.3 cm³/mol. The monoisotopic (exact) mass is 342 g/mol. The molecule has 0 saturated carbocycles. The Labute approximate surface area is 144 Å². The maximum atomic E-state index is 6.11. The van der Waals surface area contributed by atoms with E-state index in [-0.39, 0.29) is 0 Å². The third-order valence-corrected chi connectivity index (χ3v) is 4.08. The van der Waals surface area contributed by atoms with Crippen LogP contribution in [0.4, 0.5) is 5.82 Å². The van der Waals surface area contributed by atoms with Crippen LogP contribution in [-0.4, -0.2) is 28.3 Å². The molecule has 122 valence electrons. The van der Waals surface area contributed by atoms with Gasteiger partial charge in [-0.1, -0.05) is 16.8 Å². The van der Waals surface area contributed by atoms with Crippen LogP contribution in [0.1, 0.15) is 11.4 Å². The highest BCUT2D eigenvalue weighted by Crippen LogP contribution is 2.29. The molecule has 3 heterocycles. The van der Waals surface area contributed by atoms with E-state index in [1.165, 1.54) is 0 Å². The van der Waals surface area contributed by atoms with E-state index in [9.17, 15) is 0 Å². The average Bonchev–Trinajstić information content (AvgIpc) is 2.91. The van der Waals surface area contributed by atoms with Gasteiger partial charge < -0.3 is 14.2 Å². The van der Waals surface area contributed by atoms with Crippen molar-refractivity contribution >= 4 is 17.4 Å². The summed E-state index contributed by atoms with van der Waals surface area (Å²) in [5, 5.41) is 4.53. The van der Waals surface area contributed by atoms with Crippen LogP contribution in [0.3, 0.4) is 0 Å². The first-order valence-electron chi connectivity index (χ1n) is 7.62. The molecule has 0 bridgehead atoms. The van der Waals surface area contributed by atoms with Crippen LogP contribution < -0.4 is 9.64 Å². The second-order valence-electron chi connectivity index (χ2n) is 5.57. The largest absolute Gasteiger partial charge is 0.491 e. The lowest BCUT2D eigenvalue weighted by molar-refractivity contribution is 0.331. The fourth-order valence-corrected chi connectivity index (χ4v) is 2.89. The Bertz CT molecular complexity index is 881. The number of ether oxygens (including phenoxy) is 1. The van der Waals surface area contributed by atoms with Gasteiger partial charge in [-0.3, -0.25) is 0 Å². The molecule has 4 rings (SSSR count). The number of aryl methyl sites for hydroxylation is 1.